The van der Waals surface area contributed by atoms with Crippen molar-refractivity contribution in [2.75, 3.05) is 4.90 Å². The monoisotopic (exact) mass is 765 g/mol. The summed E-state index contributed by atoms with van der Waals surface area (Å²) in [6.45, 7) is 0. The van der Waals surface area contributed by atoms with E-state index in [2.05, 4.69) is 241 Å². The zero-order valence-electron chi connectivity index (χ0n) is 32.9. The molecule has 0 bridgehead atoms. The number of hydrogen-bond acceptors (Lipinski definition) is 2. The molecule has 0 spiro atoms. The molecule has 1 heterocycles. The summed E-state index contributed by atoms with van der Waals surface area (Å²) < 4.78 is 7.14. The van der Waals surface area contributed by atoms with Crippen molar-refractivity contribution in [2.24, 2.45) is 0 Å². The fourth-order valence-electron chi connectivity index (χ4n) is 8.65. The first-order valence-electron chi connectivity index (χ1n) is 20.5. The van der Waals surface area contributed by atoms with Crippen molar-refractivity contribution in [3.63, 3.8) is 0 Å². The standard InChI is InChI=1S/C58H39NO/c1-4-13-40(14-5-1)44-23-25-46(26-24-44)48-31-36-53-54(38-48)52-35-30-49(42-17-8-3-9-18-42)39-57(52)60-56-22-12-21-55(58(53)56)59(51-34-29-43-19-10-11-20-47(43)37-51)50-32-27-45(28-33-50)41-15-6-2-7-16-41/h1-39H. The van der Waals surface area contributed by atoms with Crippen molar-refractivity contribution < 1.29 is 4.74 Å². The van der Waals surface area contributed by atoms with Crippen LogP contribution in [0.15, 0.2) is 237 Å². The number of ether oxygens (including phenoxy) is 1. The number of anilines is 3. The third kappa shape index (κ3) is 6.51. The summed E-state index contributed by atoms with van der Waals surface area (Å²) in [4.78, 5) is 2.38. The van der Waals surface area contributed by atoms with Gasteiger partial charge in [0.1, 0.15) is 11.5 Å². The van der Waals surface area contributed by atoms with Crippen molar-refractivity contribution in [3.8, 4) is 78.3 Å². The van der Waals surface area contributed by atoms with Crippen LogP contribution < -0.4 is 9.64 Å². The summed E-state index contributed by atoms with van der Waals surface area (Å²) in [5, 5.41) is 2.39. The Morgan fingerprint density at radius 1 is 0.267 bits per heavy atom. The van der Waals surface area contributed by atoms with Crippen molar-refractivity contribution >= 4 is 27.8 Å². The molecule has 0 saturated heterocycles. The molecule has 0 N–H and O–H groups in total. The van der Waals surface area contributed by atoms with Crippen LogP contribution in [-0.4, -0.2) is 0 Å². The highest BCUT2D eigenvalue weighted by molar-refractivity contribution is 6.01. The molecule has 0 saturated carbocycles. The minimum absolute atomic E-state index is 0.810. The number of rotatable bonds is 7. The van der Waals surface area contributed by atoms with E-state index in [-0.39, 0.29) is 0 Å². The maximum absolute atomic E-state index is 7.14. The predicted octanol–water partition coefficient (Wildman–Crippen LogP) is 16.4. The molecule has 10 aromatic rings. The van der Waals surface area contributed by atoms with Crippen molar-refractivity contribution in [3.05, 3.63) is 237 Å². The van der Waals surface area contributed by atoms with E-state index >= 15 is 0 Å². The van der Waals surface area contributed by atoms with Crippen LogP contribution in [0.3, 0.4) is 0 Å². The summed E-state index contributed by atoms with van der Waals surface area (Å²) in [7, 11) is 0. The molecule has 60 heavy (non-hydrogen) atoms. The summed E-state index contributed by atoms with van der Waals surface area (Å²) in [5.74, 6) is 1.64. The van der Waals surface area contributed by atoms with Crippen molar-refractivity contribution in [1.29, 1.82) is 0 Å². The minimum Gasteiger partial charge on any atom is -0.456 e. The van der Waals surface area contributed by atoms with Crippen LogP contribution in [0.2, 0.25) is 0 Å². The van der Waals surface area contributed by atoms with Crippen LogP contribution in [0.5, 0.6) is 11.5 Å². The second-order valence-corrected chi connectivity index (χ2v) is 15.3. The Kier molecular flexibility index (Phi) is 8.87. The van der Waals surface area contributed by atoms with Gasteiger partial charge >= 0.3 is 0 Å². The molecule has 0 aliphatic carbocycles. The number of fused-ring (bicyclic) bond motifs is 6. The summed E-state index contributed by atoms with van der Waals surface area (Å²) in [6.07, 6.45) is 0. The highest BCUT2D eigenvalue weighted by atomic mass is 16.5. The number of nitrogens with zero attached hydrogens (tertiary/aromatic N) is 1. The Bertz CT molecular complexity index is 3140. The van der Waals surface area contributed by atoms with Gasteiger partial charge in [0.15, 0.2) is 0 Å². The second-order valence-electron chi connectivity index (χ2n) is 15.3. The lowest BCUT2D eigenvalue weighted by molar-refractivity contribution is 0.488. The van der Waals surface area contributed by atoms with Gasteiger partial charge < -0.3 is 9.64 Å². The SMILES string of the molecule is c1ccc(-c2ccc(-c3ccc4c(c3)-c3ccc(-c5ccccc5)cc3Oc3cccc(N(c5ccc(-c6ccccc6)cc5)c5ccc6ccccc6c5)c3-4)cc2)cc1. The van der Waals surface area contributed by atoms with Gasteiger partial charge in [-0.15, -0.1) is 0 Å². The lowest BCUT2D eigenvalue weighted by Crippen LogP contribution is -2.11. The molecule has 282 valence electrons. The molecular weight excluding hydrogens is 727 g/mol. The van der Waals surface area contributed by atoms with Gasteiger partial charge in [-0.05, 0) is 121 Å². The molecule has 0 fully saturated rings. The van der Waals surface area contributed by atoms with Crippen molar-refractivity contribution in [1.82, 2.24) is 0 Å². The average Bonchev–Trinajstić information content (AvgIpc) is 3.47. The van der Waals surface area contributed by atoms with E-state index < -0.39 is 0 Å². The summed E-state index contributed by atoms with van der Waals surface area (Å²) in [6, 6.07) is 84.8. The van der Waals surface area contributed by atoms with E-state index in [9.17, 15) is 0 Å². The van der Waals surface area contributed by atoms with Gasteiger partial charge in [-0.1, -0.05) is 182 Å². The molecular formula is C58H39NO. The van der Waals surface area contributed by atoms with Gasteiger partial charge in [0.2, 0.25) is 0 Å². The lowest BCUT2D eigenvalue weighted by Gasteiger charge is -2.29. The van der Waals surface area contributed by atoms with Gasteiger partial charge in [-0.25, -0.2) is 0 Å². The third-order valence-electron chi connectivity index (χ3n) is 11.7. The Balaban J connectivity index is 1.11. The zero-order chi connectivity index (χ0) is 39.8. The number of benzene rings is 10. The fourth-order valence-corrected chi connectivity index (χ4v) is 8.65. The molecule has 1 aliphatic heterocycles. The second kappa shape index (κ2) is 15.1. The van der Waals surface area contributed by atoms with E-state index in [4.69, 9.17) is 4.74 Å². The smallest absolute Gasteiger partial charge is 0.137 e. The maximum atomic E-state index is 7.14. The van der Waals surface area contributed by atoms with Gasteiger partial charge in [0.05, 0.1) is 5.69 Å². The Morgan fingerprint density at radius 2 is 0.750 bits per heavy atom. The first-order valence-corrected chi connectivity index (χ1v) is 20.5. The van der Waals surface area contributed by atoms with Gasteiger partial charge in [-0.3, -0.25) is 0 Å². The first-order chi connectivity index (χ1) is 29.7. The van der Waals surface area contributed by atoms with E-state index in [1.165, 1.54) is 33.0 Å². The largest absolute Gasteiger partial charge is 0.456 e. The third-order valence-corrected chi connectivity index (χ3v) is 11.7. The molecule has 0 aromatic heterocycles. The van der Waals surface area contributed by atoms with Crippen LogP contribution in [0.1, 0.15) is 0 Å². The van der Waals surface area contributed by atoms with Gasteiger partial charge in [0.25, 0.3) is 0 Å². The summed E-state index contributed by atoms with van der Waals surface area (Å²) in [5.41, 5.74) is 16.8. The van der Waals surface area contributed by atoms with Crippen molar-refractivity contribution in [2.45, 2.75) is 0 Å². The predicted molar refractivity (Wildman–Crippen MR) is 251 cm³/mol. The minimum atomic E-state index is 0.810. The Hall–Kier alpha value is -7.94. The van der Waals surface area contributed by atoms with E-state index in [0.29, 0.717) is 0 Å². The van der Waals surface area contributed by atoms with Crippen LogP contribution in [0.25, 0.3) is 77.5 Å². The molecule has 0 unspecified atom stereocenters. The van der Waals surface area contributed by atoms with Crippen LogP contribution in [-0.2, 0) is 0 Å². The highest BCUT2D eigenvalue weighted by Crippen LogP contribution is 2.54. The Labute approximate surface area is 350 Å². The molecule has 0 radical (unpaired) electrons. The topological polar surface area (TPSA) is 12.5 Å². The lowest BCUT2D eigenvalue weighted by atomic mass is 9.89. The highest BCUT2D eigenvalue weighted by Gasteiger charge is 2.27. The Morgan fingerprint density at radius 3 is 1.40 bits per heavy atom. The molecule has 0 atom stereocenters. The molecule has 10 aromatic carbocycles. The molecule has 2 nitrogen and oxygen atoms in total. The van der Waals surface area contributed by atoms with E-state index in [1.807, 2.05) is 0 Å². The molecule has 0 amide bonds. The normalized spacial score (nSPS) is 11.5. The summed E-state index contributed by atoms with van der Waals surface area (Å²) >= 11 is 0. The quantitative estimate of drug-likeness (QED) is 0.160. The molecule has 11 rings (SSSR count). The number of hydrogen-bond donors (Lipinski definition) is 0. The van der Waals surface area contributed by atoms with Gasteiger partial charge in [0, 0.05) is 22.5 Å². The molecule has 2 heteroatoms. The zero-order valence-corrected chi connectivity index (χ0v) is 32.9. The van der Waals surface area contributed by atoms with Gasteiger partial charge in [-0.2, -0.15) is 0 Å². The van der Waals surface area contributed by atoms with Crippen LogP contribution >= 0.6 is 0 Å². The first kappa shape index (κ1) is 35.2. The average molecular weight is 766 g/mol. The van der Waals surface area contributed by atoms with E-state index in [1.54, 1.807) is 0 Å². The van der Waals surface area contributed by atoms with Crippen LogP contribution in [0.4, 0.5) is 17.1 Å². The molecule has 1 aliphatic rings. The van der Waals surface area contributed by atoms with E-state index in [0.717, 1.165) is 73.1 Å². The maximum Gasteiger partial charge on any atom is 0.137 e. The fraction of sp³-hybridized carbons (Fsp3) is 0. The van der Waals surface area contributed by atoms with Crippen LogP contribution in [0, 0.1) is 0 Å².